The highest BCUT2D eigenvalue weighted by atomic mass is 16.3. The van der Waals surface area contributed by atoms with Gasteiger partial charge in [-0.25, -0.2) is 9.97 Å². The highest BCUT2D eigenvalue weighted by molar-refractivity contribution is 5.27. The van der Waals surface area contributed by atoms with Crippen molar-refractivity contribution >= 4 is 0 Å². The maximum atomic E-state index is 9.35. The quantitative estimate of drug-likeness (QED) is 0.767. The van der Waals surface area contributed by atoms with E-state index in [-0.39, 0.29) is 6.10 Å². The summed E-state index contributed by atoms with van der Waals surface area (Å²) in [5, 5.41) is 9.35. The lowest BCUT2D eigenvalue weighted by Gasteiger charge is -2.17. The second-order valence-corrected chi connectivity index (χ2v) is 4.01. The maximum absolute atomic E-state index is 9.35. The van der Waals surface area contributed by atoms with Crippen molar-refractivity contribution in [3.05, 3.63) is 23.3 Å². The lowest BCUT2D eigenvalue weighted by atomic mass is 9.93. The fourth-order valence-corrected chi connectivity index (χ4v) is 2.04. The van der Waals surface area contributed by atoms with Crippen LogP contribution in [0.3, 0.4) is 0 Å². The van der Waals surface area contributed by atoms with Gasteiger partial charge in [0.15, 0.2) is 0 Å². The van der Waals surface area contributed by atoms with Crippen molar-refractivity contribution in [3.8, 4) is 0 Å². The van der Waals surface area contributed by atoms with Crippen LogP contribution in [0.25, 0.3) is 0 Å². The molecule has 14 heavy (non-hydrogen) atoms. The number of hydrogen-bond donors (Lipinski definition) is 1. The van der Waals surface area contributed by atoms with Crippen LogP contribution in [0, 0.1) is 0 Å². The van der Waals surface area contributed by atoms with Gasteiger partial charge >= 0.3 is 0 Å². The Kier molecular flexibility index (Phi) is 2.77. The van der Waals surface area contributed by atoms with E-state index < -0.39 is 0 Å². The Bertz CT molecular complexity index is 323. The van der Waals surface area contributed by atoms with Crippen molar-refractivity contribution in [2.24, 2.45) is 0 Å². The van der Waals surface area contributed by atoms with Crippen LogP contribution in [0.15, 0.2) is 6.33 Å². The molecule has 1 heterocycles. The number of aryl methyl sites for hydroxylation is 1. The Morgan fingerprint density at radius 1 is 1.36 bits per heavy atom. The number of aromatic nitrogens is 2. The van der Waals surface area contributed by atoms with Gasteiger partial charge in [0, 0.05) is 17.8 Å². The summed E-state index contributed by atoms with van der Waals surface area (Å²) in [7, 11) is 0. The number of fused-ring (bicyclic) bond motifs is 1. The summed E-state index contributed by atoms with van der Waals surface area (Å²) in [5.41, 5.74) is 3.53. The summed E-state index contributed by atoms with van der Waals surface area (Å²) in [6.07, 6.45) is 6.59. The van der Waals surface area contributed by atoms with Crippen LogP contribution >= 0.6 is 0 Å². The van der Waals surface area contributed by atoms with Crippen LogP contribution in [-0.2, 0) is 19.3 Å². The summed E-state index contributed by atoms with van der Waals surface area (Å²) in [5.74, 6) is 0. The molecule has 0 fully saturated rings. The first-order valence-electron chi connectivity index (χ1n) is 5.27. The molecule has 1 aromatic rings. The third-order valence-corrected chi connectivity index (χ3v) is 2.70. The predicted octanol–water partition coefficient (Wildman–Crippen LogP) is 1.28. The van der Waals surface area contributed by atoms with E-state index in [1.54, 1.807) is 13.3 Å². The van der Waals surface area contributed by atoms with Crippen molar-refractivity contribution in [2.75, 3.05) is 0 Å². The van der Waals surface area contributed by atoms with Gasteiger partial charge in [-0.15, -0.1) is 0 Å². The van der Waals surface area contributed by atoms with Crippen LogP contribution in [0.2, 0.25) is 0 Å². The van der Waals surface area contributed by atoms with E-state index in [1.807, 2.05) is 0 Å². The van der Waals surface area contributed by atoms with E-state index in [1.165, 1.54) is 24.1 Å². The van der Waals surface area contributed by atoms with Crippen LogP contribution in [0.5, 0.6) is 0 Å². The summed E-state index contributed by atoms with van der Waals surface area (Å²) in [6, 6.07) is 0. The van der Waals surface area contributed by atoms with Crippen LogP contribution in [-0.4, -0.2) is 21.2 Å². The van der Waals surface area contributed by atoms with Crippen LogP contribution in [0.1, 0.15) is 36.7 Å². The van der Waals surface area contributed by atoms with E-state index >= 15 is 0 Å². The molecule has 1 aliphatic carbocycles. The van der Waals surface area contributed by atoms with Crippen molar-refractivity contribution in [3.63, 3.8) is 0 Å². The van der Waals surface area contributed by atoms with Crippen molar-refractivity contribution in [1.29, 1.82) is 0 Å². The Morgan fingerprint density at radius 2 is 2.14 bits per heavy atom. The fourth-order valence-electron chi connectivity index (χ4n) is 2.04. The normalized spacial score (nSPS) is 17.6. The maximum Gasteiger partial charge on any atom is 0.115 e. The Labute approximate surface area is 84.2 Å². The molecule has 0 saturated carbocycles. The van der Waals surface area contributed by atoms with Gasteiger partial charge in [0.1, 0.15) is 6.33 Å². The highest BCUT2D eigenvalue weighted by Crippen LogP contribution is 2.21. The Morgan fingerprint density at radius 3 is 2.93 bits per heavy atom. The zero-order valence-corrected chi connectivity index (χ0v) is 8.53. The molecule has 0 spiro atoms. The monoisotopic (exact) mass is 192 g/mol. The van der Waals surface area contributed by atoms with E-state index in [2.05, 4.69) is 9.97 Å². The smallest absolute Gasteiger partial charge is 0.115 e. The molecule has 0 bridgehead atoms. The molecule has 1 atom stereocenters. The molecular formula is C11H16N2O. The minimum Gasteiger partial charge on any atom is -0.393 e. The van der Waals surface area contributed by atoms with E-state index in [4.69, 9.17) is 0 Å². The first-order valence-corrected chi connectivity index (χ1v) is 5.27. The number of nitrogens with zero attached hydrogens (tertiary/aromatic N) is 2. The zero-order chi connectivity index (χ0) is 9.97. The summed E-state index contributed by atoms with van der Waals surface area (Å²) < 4.78 is 0. The number of rotatable bonds is 2. The van der Waals surface area contributed by atoms with Crippen molar-refractivity contribution in [2.45, 2.75) is 45.1 Å². The van der Waals surface area contributed by atoms with Crippen molar-refractivity contribution in [1.82, 2.24) is 9.97 Å². The van der Waals surface area contributed by atoms with Gasteiger partial charge in [0.2, 0.25) is 0 Å². The highest BCUT2D eigenvalue weighted by Gasteiger charge is 2.15. The molecule has 1 aromatic heterocycles. The summed E-state index contributed by atoms with van der Waals surface area (Å²) in [4.78, 5) is 8.56. The van der Waals surface area contributed by atoms with Crippen molar-refractivity contribution < 1.29 is 5.11 Å². The molecule has 2 rings (SSSR count). The number of hydrogen-bond acceptors (Lipinski definition) is 3. The van der Waals surface area contributed by atoms with Gasteiger partial charge in [-0.05, 0) is 38.2 Å². The van der Waals surface area contributed by atoms with E-state index in [0.717, 1.165) is 18.5 Å². The fraction of sp³-hybridized carbons (Fsp3) is 0.636. The molecule has 1 aliphatic rings. The number of aliphatic hydroxyl groups is 1. The molecule has 1 unspecified atom stereocenters. The standard InChI is InChI=1S/C11H16N2O/c1-8(14)6-11-9-4-2-3-5-10(9)12-7-13-11/h7-8,14H,2-6H2,1H3. The van der Waals surface area contributed by atoms with Gasteiger partial charge in [0.05, 0.1) is 6.10 Å². The molecule has 0 amide bonds. The molecule has 3 nitrogen and oxygen atoms in total. The molecule has 0 aliphatic heterocycles. The second kappa shape index (κ2) is 4.05. The minimum atomic E-state index is -0.309. The predicted molar refractivity (Wildman–Crippen MR) is 54.1 cm³/mol. The summed E-state index contributed by atoms with van der Waals surface area (Å²) >= 11 is 0. The number of aliphatic hydroxyl groups excluding tert-OH is 1. The first-order chi connectivity index (χ1) is 6.77. The minimum absolute atomic E-state index is 0.309. The second-order valence-electron chi connectivity index (χ2n) is 4.01. The van der Waals surface area contributed by atoms with E-state index in [0.29, 0.717) is 6.42 Å². The average Bonchev–Trinajstić information content (AvgIpc) is 2.18. The Balaban J connectivity index is 2.30. The van der Waals surface area contributed by atoms with Gasteiger partial charge in [-0.3, -0.25) is 0 Å². The molecule has 0 saturated heterocycles. The topological polar surface area (TPSA) is 46.0 Å². The molecular weight excluding hydrogens is 176 g/mol. The molecule has 0 radical (unpaired) electrons. The molecule has 0 aromatic carbocycles. The van der Waals surface area contributed by atoms with Crippen LogP contribution < -0.4 is 0 Å². The van der Waals surface area contributed by atoms with Gasteiger partial charge in [-0.1, -0.05) is 0 Å². The van der Waals surface area contributed by atoms with Gasteiger partial charge in [0.25, 0.3) is 0 Å². The molecule has 3 heteroatoms. The largest absolute Gasteiger partial charge is 0.393 e. The third kappa shape index (κ3) is 1.93. The molecule has 76 valence electrons. The molecule has 1 N–H and O–H groups in total. The first kappa shape index (κ1) is 9.59. The van der Waals surface area contributed by atoms with Crippen LogP contribution in [0.4, 0.5) is 0 Å². The SMILES string of the molecule is CC(O)Cc1ncnc2c1CCCC2. The average molecular weight is 192 g/mol. The third-order valence-electron chi connectivity index (χ3n) is 2.70. The summed E-state index contributed by atoms with van der Waals surface area (Å²) in [6.45, 7) is 1.80. The Hall–Kier alpha value is -0.960. The van der Waals surface area contributed by atoms with Gasteiger partial charge < -0.3 is 5.11 Å². The lowest BCUT2D eigenvalue weighted by Crippen LogP contribution is -2.14. The van der Waals surface area contributed by atoms with E-state index in [9.17, 15) is 5.11 Å². The zero-order valence-electron chi connectivity index (χ0n) is 8.53. The lowest BCUT2D eigenvalue weighted by molar-refractivity contribution is 0.193. The van der Waals surface area contributed by atoms with Gasteiger partial charge in [-0.2, -0.15) is 0 Å².